The first-order valence-electron chi connectivity index (χ1n) is 7.54. The summed E-state index contributed by atoms with van der Waals surface area (Å²) in [5.41, 5.74) is 2.81. The average Bonchev–Trinajstić information content (AvgIpc) is 2.79. The van der Waals surface area contributed by atoms with Crippen molar-refractivity contribution in [1.29, 1.82) is 0 Å². The van der Waals surface area contributed by atoms with Crippen LogP contribution >= 0.6 is 0 Å². The number of anilines is 1. The van der Waals surface area contributed by atoms with E-state index in [1.165, 1.54) is 0 Å². The molecule has 0 bridgehead atoms. The summed E-state index contributed by atoms with van der Waals surface area (Å²) in [5, 5.41) is 7.31. The number of rotatable bonds is 6. The largest absolute Gasteiger partial charge is 0.494 e. The Hall–Kier alpha value is -2.30. The van der Waals surface area contributed by atoms with Gasteiger partial charge in [0.2, 0.25) is 5.91 Å². The third-order valence-corrected chi connectivity index (χ3v) is 3.43. The number of ether oxygens (including phenoxy) is 1. The van der Waals surface area contributed by atoms with Gasteiger partial charge < -0.3 is 10.1 Å². The molecule has 0 unspecified atom stereocenters. The minimum atomic E-state index is -0.162. The molecule has 1 amide bonds. The van der Waals surface area contributed by atoms with E-state index in [9.17, 15) is 4.79 Å². The number of nitrogens with zero attached hydrogens (tertiary/aromatic N) is 2. The monoisotopic (exact) mass is 301 g/mol. The molecule has 0 aliphatic rings. The van der Waals surface area contributed by atoms with E-state index in [-0.39, 0.29) is 11.8 Å². The van der Waals surface area contributed by atoms with Crippen LogP contribution in [0.2, 0.25) is 0 Å². The number of carbonyl (C=O) groups is 1. The Morgan fingerprint density at radius 3 is 2.55 bits per heavy atom. The van der Waals surface area contributed by atoms with E-state index in [1.807, 2.05) is 62.7 Å². The molecule has 1 aromatic carbocycles. The van der Waals surface area contributed by atoms with Crippen molar-refractivity contribution in [3.8, 4) is 5.75 Å². The fraction of sp³-hybridized carbons (Fsp3) is 0.412. The van der Waals surface area contributed by atoms with Crippen molar-refractivity contribution in [1.82, 2.24) is 9.78 Å². The van der Waals surface area contributed by atoms with Crippen molar-refractivity contribution >= 4 is 11.6 Å². The number of amides is 1. The zero-order valence-corrected chi connectivity index (χ0v) is 13.6. The van der Waals surface area contributed by atoms with Gasteiger partial charge in [0.15, 0.2) is 0 Å². The van der Waals surface area contributed by atoms with Gasteiger partial charge in [-0.15, -0.1) is 0 Å². The first-order chi connectivity index (χ1) is 10.5. The molecule has 118 valence electrons. The first kappa shape index (κ1) is 16.1. The molecule has 5 nitrogen and oxygen atoms in total. The molecule has 0 saturated heterocycles. The normalized spacial score (nSPS) is 12.0. The van der Waals surface area contributed by atoms with Crippen LogP contribution < -0.4 is 10.1 Å². The number of benzene rings is 1. The molecule has 0 spiro atoms. The van der Waals surface area contributed by atoms with E-state index in [4.69, 9.17) is 4.74 Å². The molecule has 5 heteroatoms. The Labute approximate surface area is 131 Å². The lowest BCUT2D eigenvalue weighted by atomic mass is 10.1. The molecule has 1 heterocycles. The summed E-state index contributed by atoms with van der Waals surface area (Å²) in [4.78, 5) is 12.3. The number of carbonyl (C=O) groups excluding carboxylic acids is 1. The van der Waals surface area contributed by atoms with Crippen molar-refractivity contribution in [2.45, 2.75) is 34.2 Å². The Kier molecular flexibility index (Phi) is 5.20. The van der Waals surface area contributed by atoms with Gasteiger partial charge in [0.25, 0.3) is 0 Å². The minimum Gasteiger partial charge on any atom is -0.494 e. The summed E-state index contributed by atoms with van der Waals surface area (Å²) >= 11 is 0. The number of hydrogen-bond acceptors (Lipinski definition) is 3. The molecular formula is C17H23N3O2. The van der Waals surface area contributed by atoms with Crippen LogP contribution in [0.25, 0.3) is 0 Å². The second-order valence-electron chi connectivity index (χ2n) is 5.46. The van der Waals surface area contributed by atoms with Crippen LogP contribution in [0.3, 0.4) is 0 Å². The van der Waals surface area contributed by atoms with Crippen LogP contribution in [0, 0.1) is 19.8 Å². The van der Waals surface area contributed by atoms with Crippen molar-refractivity contribution < 1.29 is 9.53 Å². The smallest absolute Gasteiger partial charge is 0.229 e. The minimum absolute atomic E-state index is 0.0169. The van der Waals surface area contributed by atoms with Crippen molar-refractivity contribution in [2.24, 2.45) is 5.92 Å². The summed E-state index contributed by atoms with van der Waals surface area (Å²) in [6.07, 6.45) is 0. The second-order valence-corrected chi connectivity index (χ2v) is 5.46. The Balaban J connectivity index is 1.94. The number of hydrogen-bond donors (Lipinski definition) is 1. The average molecular weight is 301 g/mol. The summed E-state index contributed by atoms with van der Waals surface area (Å²) in [7, 11) is 0. The van der Waals surface area contributed by atoms with E-state index in [1.54, 1.807) is 0 Å². The Morgan fingerprint density at radius 2 is 2.00 bits per heavy atom. The lowest BCUT2D eigenvalue weighted by molar-refractivity contribution is -0.119. The Morgan fingerprint density at radius 1 is 1.32 bits per heavy atom. The quantitative estimate of drug-likeness (QED) is 0.891. The third kappa shape index (κ3) is 4.10. The van der Waals surface area contributed by atoms with Gasteiger partial charge in [-0.05, 0) is 51.1 Å². The lowest BCUT2D eigenvalue weighted by Crippen LogP contribution is -2.25. The van der Waals surface area contributed by atoms with Gasteiger partial charge in [-0.25, -0.2) is 0 Å². The predicted octanol–water partition coefficient (Wildman–Crippen LogP) is 3.17. The lowest BCUT2D eigenvalue weighted by Gasteiger charge is -2.14. The van der Waals surface area contributed by atoms with E-state index in [0.29, 0.717) is 13.2 Å². The third-order valence-electron chi connectivity index (χ3n) is 3.43. The molecule has 2 aromatic rings. The highest BCUT2D eigenvalue weighted by atomic mass is 16.5. The van der Waals surface area contributed by atoms with Crippen molar-refractivity contribution in [3.63, 3.8) is 0 Å². The zero-order valence-electron chi connectivity index (χ0n) is 13.6. The maximum atomic E-state index is 12.3. The Bertz CT molecular complexity index is 632. The molecule has 1 atom stereocenters. The first-order valence-corrected chi connectivity index (χ1v) is 7.54. The van der Waals surface area contributed by atoms with Gasteiger partial charge in [-0.2, -0.15) is 5.10 Å². The van der Waals surface area contributed by atoms with Crippen LogP contribution in [0.1, 0.15) is 25.2 Å². The molecule has 0 aliphatic heterocycles. The number of aromatic nitrogens is 2. The standard InChI is InChI=1S/C17H23N3O2/c1-5-22-16-8-6-15(7-9-16)18-17(21)12(2)11-20-14(4)10-13(3)19-20/h6-10,12H,5,11H2,1-4H3,(H,18,21)/t12-/m1/s1. The van der Waals surface area contributed by atoms with Crippen LogP contribution in [0.15, 0.2) is 30.3 Å². The fourth-order valence-corrected chi connectivity index (χ4v) is 2.27. The van der Waals surface area contributed by atoms with Crippen LogP contribution in [0.4, 0.5) is 5.69 Å². The van der Waals surface area contributed by atoms with Gasteiger partial charge >= 0.3 is 0 Å². The van der Waals surface area contributed by atoms with Crippen molar-refractivity contribution in [3.05, 3.63) is 41.7 Å². The molecule has 22 heavy (non-hydrogen) atoms. The highest BCUT2D eigenvalue weighted by Gasteiger charge is 2.15. The van der Waals surface area contributed by atoms with Crippen LogP contribution in [-0.2, 0) is 11.3 Å². The number of aryl methyl sites for hydroxylation is 2. The highest BCUT2D eigenvalue weighted by molar-refractivity contribution is 5.92. The molecule has 0 radical (unpaired) electrons. The molecule has 0 fully saturated rings. The van der Waals surface area contributed by atoms with Gasteiger partial charge in [0.1, 0.15) is 5.75 Å². The summed E-state index contributed by atoms with van der Waals surface area (Å²) < 4.78 is 7.26. The topological polar surface area (TPSA) is 56.1 Å². The van der Waals surface area contributed by atoms with E-state index in [2.05, 4.69) is 10.4 Å². The van der Waals surface area contributed by atoms with Gasteiger partial charge in [-0.1, -0.05) is 6.92 Å². The van der Waals surface area contributed by atoms with E-state index >= 15 is 0 Å². The van der Waals surface area contributed by atoms with Gasteiger partial charge in [0, 0.05) is 11.4 Å². The van der Waals surface area contributed by atoms with E-state index < -0.39 is 0 Å². The summed E-state index contributed by atoms with van der Waals surface area (Å²) in [5.74, 6) is 0.623. The van der Waals surface area contributed by atoms with Crippen LogP contribution in [-0.4, -0.2) is 22.3 Å². The summed E-state index contributed by atoms with van der Waals surface area (Å²) in [6, 6.07) is 9.41. The molecular weight excluding hydrogens is 278 g/mol. The zero-order chi connectivity index (χ0) is 16.1. The second kappa shape index (κ2) is 7.11. The molecule has 1 N–H and O–H groups in total. The van der Waals surface area contributed by atoms with E-state index in [0.717, 1.165) is 22.8 Å². The molecule has 0 aliphatic carbocycles. The van der Waals surface area contributed by atoms with Gasteiger partial charge in [-0.3, -0.25) is 9.48 Å². The SMILES string of the molecule is CCOc1ccc(NC(=O)[C@H](C)Cn2nc(C)cc2C)cc1. The van der Waals surface area contributed by atoms with Gasteiger partial charge in [0.05, 0.1) is 24.8 Å². The molecule has 0 saturated carbocycles. The molecule has 1 aromatic heterocycles. The summed E-state index contributed by atoms with van der Waals surface area (Å²) in [6.45, 7) is 9.00. The fourth-order valence-electron chi connectivity index (χ4n) is 2.27. The maximum absolute atomic E-state index is 12.3. The number of nitrogens with one attached hydrogen (secondary N) is 1. The maximum Gasteiger partial charge on any atom is 0.229 e. The highest BCUT2D eigenvalue weighted by Crippen LogP contribution is 2.17. The predicted molar refractivity (Wildman–Crippen MR) is 87.1 cm³/mol. The van der Waals surface area contributed by atoms with Crippen molar-refractivity contribution in [2.75, 3.05) is 11.9 Å². The molecule has 2 rings (SSSR count). The van der Waals surface area contributed by atoms with Crippen LogP contribution in [0.5, 0.6) is 5.75 Å².